The first-order valence-corrected chi connectivity index (χ1v) is 7.17. The van der Waals surface area contributed by atoms with Gasteiger partial charge in [-0.25, -0.2) is 4.79 Å². The van der Waals surface area contributed by atoms with Crippen LogP contribution in [0.5, 0.6) is 0 Å². The van der Waals surface area contributed by atoms with Crippen molar-refractivity contribution in [2.24, 2.45) is 5.92 Å². The van der Waals surface area contributed by atoms with Gasteiger partial charge in [0.25, 0.3) is 0 Å². The zero-order valence-electron chi connectivity index (χ0n) is 10.4. The van der Waals surface area contributed by atoms with Gasteiger partial charge < -0.3 is 14.9 Å². The Bertz CT molecular complexity index is 469. The summed E-state index contributed by atoms with van der Waals surface area (Å²) in [5, 5.41) is 18.6. The molecule has 4 atom stereocenters. The van der Waals surface area contributed by atoms with Crippen molar-refractivity contribution in [3.05, 3.63) is 10.6 Å². The molecule has 7 heteroatoms. The number of carboxylic acid groups (broad SMARTS) is 1. The van der Waals surface area contributed by atoms with Gasteiger partial charge in [0.05, 0.1) is 18.1 Å². The highest BCUT2D eigenvalue weighted by molar-refractivity contribution is 8.04. The fraction of sp³-hybridized carbons (Fsp3) is 0.667. The summed E-state index contributed by atoms with van der Waals surface area (Å²) in [6, 6.07) is 0. The van der Waals surface area contributed by atoms with Crippen LogP contribution in [0.15, 0.2) is 10.6 Å². The number of carbonyl (C=O) groups excluding carboxylic acids is 1. The molecule has 1 amide bonds. The Morgan fingerprint density at radius 1 is 1.58 bits per heavy atom. The second-order valence-electron chi connectivity index (χ2n) is 5.00. The van der Waals surface area contributed by atoms with Crippen molar-refractivity contribution in [2.75, 3.05) is 6.61 Å². The van der Waals surface area contributed by atoms with E-state index < -0.39 is 18.0 Å². The second-order valence-corrected chi connectivity index (χ2v) is 6.16. The van der Waals surface area contributed by atoms with Crippen LogP contribution in [0.4, 0.5) is 0 Å². The Balaban J connectivity index is 1.91. The highest BCUT2D eigenvalue weighted by Crippen LogP contribution is 2.52. The Hall–Kier alpha value is -1.05. The molecular formula is C12H15NO5S. The number of carbonyl (C=O) groups is 2. The Labute approximate surface area is 114 Å². The molecule has 2 fully saturated rings. The van der Waals surface area contributed by atoms with Gasteiger partial charge in [0.1, 0.15) is 11.1 Å². The molecule has 3 heterocycles. The van der Waals surface area contributed by atoms with E-state index >= 15 is 0 Å². The molecule has 2 saturated heterocycles. The molecule has 0 aromatic carbocycles. The molecule has 0 aliphatic carbocycles. The third kappa shape index (κ3) is 1.79. The average Bonchev–Trinajstić information content (AvgIpc) is 2.92. The van der Waals surface area contributed by atoms with Crippen molar-refractivity contribution in [3.63, 3.8) is 0 Å². The number of carboxylic acids is 1. The van der Waals surface area contributed by atoms with E-state index in [4.69, 9.17) is 4.74 Å². The minimum atomic E-state index is -1.10. The number of aliphatic hydroxyl groups is 1. The predicted molar refractivity (Wildman–Crippen MR) is 67.0 cm³/mol. The number of aliphatic carboxylic acids is 1. The lowest BCUT2D eigenvalue weighted by Gasteiger charge is -2.43. The van der Waals surface area contributed by atoms with Crippen molar-refractivity contribution in [3.8, 4) is 0 Å². The summed E-state index contributed by atoms with van der Waals surface area (Å²) >= 11 is 1.35. The van der Waals surface area contributed by atoms with Gasteiger partial charge in [-0.1, -0.05) is 11.8 Å². The minimum Gasteiger partial charge on any atom is -0.477 e. The van der Waals surface area contributed by atoms with Gasteiger partial charge in [0.15, 0.2) is 0 Å². The van der Waals surface area contributed by atoms with Gasteiger partial charge in [0, 0.05) is 11.5 Å². The molecule has 2 N–H and O–H groups in total. The first kappa shape index (κ1) is 13.0. The van der Waals surface area contributed by atoms with Crippen molar-refractivity contribution >= 4 is 23.6 Å². The summed E-state index contributed by atoms with van der Waals surface area (Å²) < 4.78 is 5.53. The molecular weight excluding hydrogens is 270 g/mol. The second kappa shape index (κ2) is 4.50. The number of thioether (sulfide) groups is 1. The van der Waals surface area contributed by atoms with Crippen LogP contribution in [-0.4, -0.2) is 51.2 Å². The van der Waals surface area contributed by atoms with E-state index in [1.54, 1.807) is 6.92 Å². The highest BCUT2D eigenvalue weighted by Gasteiger charge is 2.58. The molecule has 0 aromatic heterocycles. The van der Waals surface area contributed by atoms with E-state index in [9.17, 15) is 19.8 Å². The molecule has 6 nitrogen and oxygen atoms in total. The first-order chi connectivity index (χ1) is 9.02. The third-order valence-corrected chi connectivity index (χ3v) is 5.21. The van der Waals surface area contributed by atoms with E-state index in [2.05, 4.69) is 0 Å². The van der Waals surface area contributed by atoms with E-state index in [0.717, 1.165) is 12.8 Å². The lowest BCUT2D eigenvalue weighted by Crippen LogP contribution is -2.60. The number of β-lactam (4-membered cyclic amide) rings is 1. The Kier molecular flexibility index (Phi) is 3.07. The number of rotatable bonds is 3. The average molecular weight is 285 g/mol. The largest absolute Gasteiger partial charge is 0.477 e. The molecule has 2 unspecified atom stereocenters. The van der Waals surface area contributed by atoms with Gasteiger partial charge in [-0.05, 0) is 19.8 Å². The van der Waals surface area contributed by atoms with E-state index in [1.807, 2.05) is 0 Å². The van der Waals surface area contributed by atoms with E-state index in [1.165, 1.54) is 16.7 Å². The predicted octanol–water partition coefficient (Wildman–Crippen LogP) is 0.374. The van der Waals surface area contributed by atoms with Crippen LogP contribution in [0, 0.1) is 5.92 Å². The summed E-state index contributed by atoms with van der Waals surface area (Å²) in [5.41, 5.74) is 0.0452. The van der Waals surface area contributed by atoms with Crippen LogP contribution in [0.25, 0.3) is 0 Å². The lowest BCUT2D eigenvalue weighted by atomic mass is 9.92. The number of amides is 1. The van der Waals surface area contributed by atoms with Crippen LogP contribution in [0.1, 0.15) is 19.8 Å². The standard InChI is InChI=1S/C12H15NO5S/c1-5(14)7-10(15)13-8(12(16)17)9(19-11(7)13)6-3-2-4-18-6/h5-7,11,14H,2-4H2,1H3,(H,16,17)/t5-,6?,7?,11-/m1/s1. The number of hydrogen-bond acceptors (Lipinski definition) is 5. The molecule has 3 aliphatic rings. The van der Waals surface area contributed by atoms with Crippen LogP contribution in [0.3, 0.4) is 0 Å². The number of aliphatic hydroxyl groups excluding tert-OH is 1. The summed E-state index contributed by atoms with van der Waals surface area (Å²) in [6.45, 7) is 2.19. The molecule has 3 rings (SSSR count). The maximum Gasteiger partial charge on any atom is 0.353 e. The Morgan fingerprint density at radius 2 is 2.32 bits per heavy atom. The maximum absolute atomic E-state index is 12.0. The van der Waals surface area contributed by atoms with Gasteiger partial charge in [-0.15, -0.1) is 0 Å². The van der Waals surface area contributed by atoms with Crippen LogP contribution >= 0.6 is 11.8 Å². The van der Waals surface area contributed by atoms with Crippen LogP contribution in [0.2, 0.25) is 0 Å². The van der Waals surface area contributed by atoms with Gasteiger partial charge in [-0.3, -0.25) is 9.69 Å². The summed E-state index contributed by atoms with van der Waals surface area (Å²) in [5.74, 6) is -1.92. The SMILES string of the molecule is C[C@@H](O)C1C(=O)N2C(C(=O)O)=C(C3CCCO3)S[C@H]12. The topological polar surface area (TPSA) is 87.1 Å². The fourth-order valence-electron chi connectivity index (χ4n) is 2.82. The van der Waals surface area contributed by atoms with Crippen molar-refractivity contribution in [1.82, 2.24) is 4.90 Å². The molecule has 104 valence electrons. The van der Waals surface area contributed by atoms with Crippen molar-refractivity contribution in [2.45, 2.75) is 37.3 Å². The molecule has 0 bridgehead atoms. The van der Waals surface area contributed by atoms with Crippen molar-refractivity contribution < 1.29 is 24.5 Å². The van der Waals surface area contributed by atoms with Gasteiger partial charge in [0.2, 0.25) is 5.91 Å². The fourth-order valence-corrected chi connectivity index (χ4v) is 4.52. The number of nitrogens with zero attached hydrogens (tertiary/aromatic N) is 1. The van der Waals surface area contributed by atoms with Crippen molar-refractivity contribution in [1.29, 1.82) is 0 Å². The molecule has 3 aliphatic heterocycles. The Morgan fingerprint density at radius 3 is 2.84 bits per heavy atom. The number of hydrogen-bond donors (Lipinski definition) is 2. The highest BCUT2D eigenvalue weighted by atomic mass is 32.2. The molecule has 0 aromatic rings. The maximum atomic E-state index is 12.0. The minimum absolute atomic E-state index is 0.0452. The van der Waals surface area contributed by atoms with E-state index in [-0.39, 0.29) is 23.1 Å². The molecule has 0 saturated carbocycles. The van der Waals surface area contributed by atoms with Crippen LogP contribution < -0.4 is 0 Å². The third-order valence-electron chi connectivity index (χ3n) is 3.75. The molecule has 19 heavy (non-hydrogen) atoms. The zero-order valence-corrected chi connectivity index (χ0v) is 11.2. The first-order valence-electron chi connectivity index (χ1n) is 6.29. The quantitative estimate of drug-likeness (QED) is 0.729. The summed E-state index contributed by atoms with van der Waals surface area (Å²) in [4.78, 5) is 25.3. The monoisotopic (exact) mass is 285 g/mol. The molecule has 0 spiro atoms. The van der Waals surface area contributed by atoms with Crippen LogP contribution in [-0.2, 0) is 14.3 Å². The van der Waals surface area contributed by atoms with Gasteiger partial charge in [-0.2, -0.15) is 0 Å². The molecule has 0 radical (unpaired) electrons. The summed E-state index contributed by atoms with van der Waals surface area (Å²) in [7, 11) is 0. The normalized spacial score (nSPS) is 35.4. The summed E-state index contributed by atoms with van der Waals surface area (Å²) in [6.07, 6.45) is 0.706. The smallest absolute Gasteiger partial charge is 0.353 e. The van der Waals surface area contributed by atoms with E-state index in [0.29, 0.717) is 11.5 Å². The number of ether oxygens (including phenoxy) is 1. The van der Waals surface area contributed by atoms with Gasteiger partial charge >= 0.3 is 5.97 Å². The number of fused-ring (bicyclic) bond motifs is 1. The lowest BCUT2D eigenvalue weighted by molar-refractivity contribution is -0.156. The zero-order chi connectivity index (χ0) is 13.7.